The average Bonchev–Trinajstić information content (AvgIpc) is 3.14. The summed E-state index contributed by atoms with van der Waals surface area (Å²) in [6, 6.07) is 19.3. The molecule has 4 aromatic rings. The molecular weight excluding hydrogens is 448 g/mol. The minimum atomic E-state index is -3.74. The quantitative estimate of drug-likeness (QED) is 0.364. The van der Waals surface area contributed by atoms with Gasteiger partial charge in [-0.1, -0.05) is 18.2 Å². The second kappa shape index (κ2) is 9.69. The Morgan fingerprint density at radius 1 is 0.941 bits per heavy atom. The van der Waals surface area contributed by atoms with Crippen LogP contribution in [0.25, 0.3) is 11.0 Å². The van der Waals surface area contributed by atoms with Gasteiger partial charge in [0.1, 0.15) is 5.82 Å². The number of imidazole rings is 1. The van der Waals surface area contributed by atoms with Gasteiger partial charge in [-0.3, -0.25) is 9.52 Å². The Bertz CT molecular complexity index is 1440. The van der Waals surface area contributed by atoms with E-state index in [1.54, 1.807) is 12.1 Å². The zero-order valence-electron chi connectivity index (χ0n) is 19.5. The number of aryl methyl sites for hydroxylation is 4. The number of nitrogens with zero attached hydrogens (tertiary/aromatic N) is 2. The van der Waals surface area contributed by atoms with Gasteiger partial charge in [-0.05, 0) is 86.8 Å². The Hall–Kier alpha value is -3.65. The number of amides is 1. The topological polar surface area (TPSA) is 93.1 Å². The summed E-state index contributed by atoms with van der Waals surface area (Å²) in [5.74, 6) is 0.706. The van der Waals surface area contributed by atoms with Crippen LogP contribution < -0.4 is 10.0 Å². The van der Waals surface area contributed by atoms with Gasteiger partial charge in [0.2, 0.25) is 0 Å². The van der Waals surface area contributed by atoms with Crippen LogP contribution in [0.1, 0.15) is 33.7 Å². The van der Waals surface area contributed by atoms with Crippen molar-refractivity contribution in [3.05, 3.63) is 89.2 Å². The molecule has 0 aliphatic carbocycles. The second-order valence-electron chi connectivity index (χ2n) is 8.34. The lowest BCUT2D eigenvalue weighted by molar-refractivity contribution is 0.0952. The maximum atomic E-state index is 12.7. The van der Waals surface area contributed by atoms with Gasteiger partial charge in [0.15, 0.2) is 0 Å². The summed E-state index contributed by atoms with van der Waals surface area (Å²) in [6.07, 6.45) is 0.749. The van der Waals surface area contributed by atoms with Crippen LogP contribution in [0.2, 0.25) is 0 Å². The van der Waals surface area contributed by atoms with Crippen LogP contribution in [-0.4, -0.2) is 30.4 Å². The van der Waals surface area contributed by atoms with Crippen molar-refractivity contribution in [1.82, 2.24) is 14.9 Å². The number of carbonyl (C=O) groups excluding carboxylic acids is 1. The van der Waals surface area contributed by atoms with E-state index in [1.807, 2.05) is 51.1 Å². The number of sulfonamides is 1. The fraction of sp³-hybridized carbons (Fsp3) is 0.231. The Morgan fingerprint density at radius 3 is 2.41 bits per heavy atom. The Labute approximate surface area is 199 Å². The first kappa shape index (κ1) is 23.5. The molecule has 1 amide bonds. The van der Waals surface area contributed by atoms with Crippen LogP contribution in [0.4, 0.5) is 5.69 Å². The lowest BCUT2D eigenvalue weighted by Gasteiger charge is -2.11. The molecule has 0 bridgehead atoms. The van der Waals surface area contributed by atoms with E-state index in [1.165, 1.54) is 24.3 Å². The van der Waals surface area contributed by atoms with Gasteiger partial charge in [0.05, 0.1) is 15.9 Å². The zero-order valence-corrected chi connectivity index (χ0v) is 20.3. The minimum absolute atomic E-state index is 0.102. The maximum Gasteiger partial charge on any atom is 0.261 e. The number of nitrogens with one attached hydrogen (secondary N) is 2. The standard InChI is InChI=1S/C26H28N4O3S/c1-18-9-12-22(17-19(18)2)29-34(32,33)23-13-10-21(11-14-23)26(31)27-15-6-16-30-20(3)28-24-7-4-5-8-25(24)30/h4-5,7-14,17,29H,6,15-16H2,1-3H3,(H,27,31). The van der Waals surface area contributed by atoms with Gasteiger partial charge >= 0.3 is 0 Å². The molecule has 7 nitrogen and oxygen atoms in total. The number of carbonyl (C=O) groups is 1. The highest BCUT2D eigenvalue weighted by atomic mass is 32.2. The molecule has 0 saturated heterocycles. The number of hydrogen-bond acceptors (Lipinski definition) is 4. The lowest BCUT2D eigenvalue weighted by Crippen LogP contribution is -2.25. The van der Waals surface area contributed by atoms with Crippen molar-refractivity contribution in [2.75, 3.05) is 11.3 Å². The molecule has 1 heterocycles. The number of hydrogen-bond donors (Lipinski definition) is 2. The van der Waals surface area contributed by atoms with Gasteiger partial charge in [0.25, 0.3) is 15.9 Å². The third kappa shape index (κ3) is 5.12. The Balaban J connectivity index is 1.33. The van der Waals surface area contributed by atoms with Crippen LogP contribution >= 0.6 is 0 Å². The van der Waals surface area contributed by atoms with Crippen LogP contribution in [0.15, 0.2) is 71.6 Å². The number of rotatable bonds is 8. The monoisotopic (exact) mass is 476 g/mol. The molecule has 0 spiro atoms. The molecule has 3 aromatic carbocycles. The molecule has 8 heteroatoms. The molecule has 2 N–H and O–H groups in total. The summed E-state index contributed by atoms with van der Waals surface area (Å²) in [5.41, 5.74) is 5.05. The fourth-order valence-corrected chi connectivity index (χ4v) is 4.87. The van der Waals surface area contributed by atoms with Gasteiger partial charge in [0, 0.05) is 24.3 Å². The zero-order chi connectivity index (χ0) is 24.3. The molecular formula is C26H28N4O3S. The maximum absolute atomic E-state index is 12.7. The molecule has 176 valence electrons. The first-order chi connectivity index (χ1) is 16.2. The number of fused-ring (bicyclic) bond motifs is 1. The molecule has 0 fully saturated rings. The van der Waals surface area contributed by atoms with E-state index in [0.717, 1.165) is 41.0 Å². The largest absolute Gasteiger partial charge is 0.352 e. The smallest absolute Gasteiger partial charge is 0.261 e. The molecule has 0 aliphatic rings. The third-order valence-electron chi connectivity index (χ3n) is 5.88. The first-order valence-corrected chi connectivity index (χ1v) is 12.6. The molecule has 0 unspecified atom stereocenters. The minimum Gasteiger partial charge on any atom is -0.352 e. The number of para-hydroxylation sites is 2. The summed E-state index contributed by atoms with van der Waals surface area (Å²) in [7, 11) is -3.74. The lowest BCUT2D eigenvalue weighted by atomic mass is 10.1. The van der Waals surface area contributed by atoms with Gasteiger partial charge in [-0.25, -0.2) is 13.4 Å². The summed E-state index contributed by atoms with van der Waals surface area (Å²) >= 11 is 0. The highest BCUT2D eigenvalue weighted by Gasteiger charge is 2.16. The van der Waals surface area contributed by atoms with Crippen LogP contribution in [0, 0.1) is 20.8 Å². The predicted octanol–water partition coefficient (Wildman–Crippen LogP) is 4.58. The number of anilines is 1. The van der Waals surface area contributed by atoms with Crippen molar-refractivity contribution >= 4 is 32.7 Å². The highest BCUT2D eigenvalue weighted by Crippen LogP contribution is 2.20. The third-order valence-corrected chi connectivity index (χ3v) is 7.27. The first-order valence-electron chi connectivity index (χ1n) is 11.1. The van der Waals surface area contributed by atoms with E-state index >= 15 is 0 Å². The van der Waals surface area contributed by atoms with Crippen molar-refractivity contribution in [2.45, 2.75) is 38.6 Å². The number of aromatic nitrogens is 2. The van der Waals surface area contributed by atoms with Crippen LogP contribution in [-0.2, 0) is 16.6 Å². The van der Waals surface area contributed by atoms with E-state index in [0.29, 0.717) is 17.8 Å². The van der Waals surface area contributed by atoms with Crippen molar-refractivity contribution in [2.24, 2.45) is 0 Å². The van der Waals surface area contributed by atoms with Crippen LogP contribution in [0.5, 0.6) is 0 Å². The fourth-order valence-electron chi connectivity index (χ4n) is 3.82. The highest BCUT2D eigenvalue weighted by molar-refractivity contribution is 7.92. The summed E-state index contributed by atoms with van der Waals surface area (Å²) in [4.78, 5) is 17.2. The van der Waals surface area contributed by atoms with E-state index in [-0.39, 0.29) is 10.8 Å². The number of benzene rings is 3. The van der Waals surface area contributed by atoms with Crippen molar-refractivity contribution in [3.8, 4) is 0 Å². The summed E-state index contributed by atoms with van der Waals surface area (Å²) < 4.78 is 30.1. The Kier molecular flexibility index (Phi) is 6.70. The molecule has 1 aromatic heterocycles. The molecule has 0 atom stereocenters. The predicted molar refractivity (Wildman–Crippen MR) is 135 cm³/mol. The summed E-state index contributed by atoms with van der Waals surface area (Å²) in [6.45, 7) is 7.12. The molecule has 0 saturated carbocycles. The van der Waals surface area contributed by atoms with E-state index < -0.39 is 10.0 Å². The van der Waals surface area contributed by atoms with Crippen molar-refractivity contribution < 1.29 is 13.2 Å². The molecule has 4 rings (SSSR count). The normalized spacial score (nSPS) is 11.5. The van der Waals surface area contributed by atoms with E-state index in [2.05, 4.69) is 19.6 Å². The van der Waals surface area contributed by atoms with Gasteiger partial charge in [-0.15, -0.1) is 0 Å². The van der Waals surface area contributed by atoms with Gasteiger partial charge in [-0.2, -0.15) is 0 Å². The SMILES string of the molecule is Cc1ccc(NS(=O)(=O)c2ccc(C(=O)NCCCn3c(C)nc4ccccc43)cc2)cc1C. The van der Waals surface area contributed by atoms with Crippen molar-refractivity contribution in [1.29, 1.82) is 0 Å². The second-order valence-corrected chi connectivity index (χ2v) is 10.0. The van der Waals surface area contributed by atoms with Gasteiger partial charge < -0.3 is 9.88 Å². The average molecular weight is 477 g/mol. The molecule has 0 aliphatic heterocycles. The van der Waals surface area contributed by atoms with E-state index in [4.69, 9.17) is 0 Å². The van der Waals surface area contributed by atoms with Crippen molar-refractivity contribution in [3.63, 3.8) is 0 Å². The molecule has 0 radical (unpaired) electrons. The van der Waals surface area contributed by atoms with Crippen LogP contribution in [0.3, 0.4) is 0 Å². The van der Waals surface area contributed by atoms with E-state index in [9.17, 15) is 13.2 Å². The Morgan fingerprint density at radius 2 is 1.68 bits per heavy atom. The molecule has 34 heavy (non-hydrogen) atoms. The summed E-state index contributed by atoms with van der Waals surface area (Å²) in [5, 5.41) is 2.90.